The van der Waals surface area contributed by atoms with Crippen LogP contribution in [0.15, 0.2) is 36.7 Å². The number of H-pyrrole nitrogens is 1. The summed E-state index contributed by atoms with van der Waals surface area (Å²) in [4.78, 5) is 33.5. The molecule has 9 nitrogen and oxygen atoms in total. The molecule has 5 N–H and O–H groups in total. The normalized spacial score (nSPS) is 18.1. The minimum absolute atomic E-state index is 0.0444. The monoisotopic (exact) mass is 591 g/mol. The molecule has 1 atom stereocenters. The van der Waals surface area contributed by atoms with Gasteiger partial charge in [0, 0.05) is 0 Å². The number of methoxy groups -OCH3 is 1. The van der Waals surface area contributed by atoms with Crippen molar-refractivity contribution in [3.8, 4) is 17.0 Å². The molecule has 11 heteroatoms. The van der Waals surface area contributed by atoms with Crippen LogP contribution in [-0.4, -0.2) is 46.5 Å². The molecule has 0 saturated carbocycles. The predicted molar refractivity (Wildman–Crippen MR) is 126 cm³/mol. The average molecular weight is 591 g/mol. The summed E-state index contributed by atoms with van der Waals surface area (Å²) in [5, 5.41) is 12.6. The van der Waals surface area contributed by atoms with Crippen LogP contribution < -0.4 is 47.2 Å². The summed E-state index contributed by atoms with van der Waals surface area (Å²) in [6, 6.07) is 6.45. The van der Waals surface area contributed by atoms with Gasteiger partial charge in [-0.2, -0.15) is 0 Å². The van der Waals surface area contributed by atoms with Crippen molar-refractivity contribution >= 4 is 26.9 Å². The SMILES string of the molecule is COc1c(F)cccc1Nc1c2[nH]c3c1C(=O)NCC3[I-]C(=O)NCCCCNc1cnccc1-2. The molecule has 0 radical (unpaired) electrons. The topological polar surface area (TPSA) is 120 Å². The van der Waals surface area contributed by atoms with Crippen LogP contribution in [0, 0.1) is 5.82 Å². The zero-order chi connectivity index (χ0) is 24.4. The fourth-order valence-corrected chi connectivity index (χ4v) is 6.70. The Hall–Kier alpha value is -3.35. The molecule has 1 unspecified atom stereocenters. The number of ether oxygens (including phenoxy) is 1. The van der Waals surface area contributed by atoms with Gasteiger partial charge in [0.1, 0.15) is 0 Å². The first-order chi connectivity index (χ1) is 17.1. The van der Waals surface area contributed by atoms with Crippen molar-refractivity contribution in [3.63, 3.8) is 0 Å². The Balaban J connectivity index is 1.71. The number of para-hydroxylation sites is 1. The van der Waals surface area contributed by atoms with Crippen LogP contribution in [-0.2, 0) is 0 Å². The van der Waals surface area contributed by atoms with Crippen molar-refractivity contribution in [2.75, 3.05) is 37.4 Å². The van der Waals surface area contributed by atoms with E-state index in [0.717, 1.165) is 24.1 Å². The van der Waals surface area contributed by atoms with Crippen LogP contribution in [0.1, 0.15) is 32.8 Å². The standard InChI is InChI=1S/C24H25FIN6O3/c1-35-22-14(25)5-4-6-16(22)31-21-18-20-15(11-30-23(18)33)26-24(34)29-9-3-2-8-28-17-12-27-10-7-13(17)19(21)32-20/h4-7,10,12,15,28,31-32H,2-3,8-9,11H2,1H3,(H,29,34)(H,30,33)/q-1. The number of aromatic amines is 1. The van der Waals surface area contributed by atoms with E-state index in [1.165, 1.54) is 13.2 Å². The van der Waals surface area contributed by atoms with Gasteiger partial charge in [-0.1, -0.05) is 0 Å². The van der Waals surface area contributed by atoms with Gasteiger partial charge in [-0.3, -0.25) is 0 Å². The molecule has 0 fully saturated rings. The summed E-state index contributed by atoms with van der Waals surface area (Å²) in [5.74, 6) is -0.723. The second kappa shape index (κ2) is 10.1. The Labute approximate surface area is 211 Å². The summed E-state index contributed by atoms with van der Waals surface area (Å²) >= 11 is -0.957. The fourth-order valence-electron chi connectivity index (χ4n) is 4.30. The molecular weight excluding hydrogens is 566 g/mol. The summed E-state index contributed by atoms with van der Waals surface area (Å²) in [7, 11) is 1.40. The van der Waals surface area contributed by atoms with Crippen molar-refractivity contribution < 1.29 is 39.9 Å². The third kappa shape index (κ3) is 4.64. The van der Waals surface area contributed by atoms with Crippen LogP contribution in [0.5, 0.6) is 5.75 Å². The second-order valence-electron chi connectivity index (χ2n) is 8.15. The summed E-state index contributed by atoms with van der Waals surface area (Å²) < 4.78 is 19.7. The summed E-state index contributed by atoms with van der Waals surface area (Å²) in [6.45, 7) is 1.71. The molecule has 2 bridgehead atoms. The zero-order valence-electron chi connectivity index (χ0n) is 19.0. The molecule has 0 aliphatic carbocycles. The van der Waals surface area contributed by atoms with E-state index in [4.69, 9.17) is 4.74 Å². The number of nitrogens with one attached hydrogen (secondary N) is 5. The summed E-state index contributed by atoms with van der Waals surface area (Å²) in [6.07, 6.45) is 5.18. The third-order valence-electron chi connectivity index (χ3n) is 5.95. The number of benzene rings is 1. The number of fused-ring (bicyclic) bond motifs is 3. The molecule has 1 aromatic carbocycles. The maximum absolute atomic E-state index is 14.5. The molecule has 5 rings (SSSR count). The molecule has 2 aromatic heterocycles. The Morgan fingerprint density at radius 2 is 1.97 bits per heavy atom. The molecule has 0 saturated heterocycles. The Bertz CT molecular complexity index is 1280. The second-order valence-corrected chi connectivity index (χ2v) is 11.3. The Morgan fingerprint density at radius 1 is 1.14 bits per heavy atom. The van der Waals surface area contributed by atoms with E-state index in [1.807, 2.05) is 6.07 Å². The first kappa shape index (κ1) is 23.4. The van der Waals surface area contributed by atoms with E-state index < -0.39 is 27.0 Å². The van der Waals surface area contributed by atoms with E-state index in [-0.39, 0.29) is 19.5 Å². The number of carbonyl (C=O) groups is 2. The average Bonchev–Trinajstić information content (AvgIpc) is 3.23. The number of halogens is 2. The third-order valence-corrected chi connectivity index (χ3v) is 8.71. The van der Waals surface area contributed by atoms with Gasteiger partial charge in [-0.15, -0.1) is 0 Å². The molecule has 4 heterocycles. The minimum atomic E-state index is -0.957. The molecule has 3 aromatic rings. The molecule has 35 heavy (non-hydrogen) atoms. The van der Waals surface area contributed by atoms with Crippen molar-refractivity contribution in [3.05, 3.63) is 53.7 Å². The first-order valence-corrected chi connectivity index (χ1v) is 13.6. The van der Waals surface area contributed by atoms with Gasteiger partial charge in [0.15, 0.2) is 0 Å². The number of hydrogen-bond donors (Lipinski definition) is 5. The van der Waals surface area contributed by atoms with Gasteiger partial charge < -0.3 is 0 Å². The fraction of sp³-hybridized carbons (Fsp3) is 0.292. The van der Waals surface area contributed by atoms with Gasteiger partial charge in [0.2, 0.25) is 0 Å². The number of amides is 2. The van der Waals surface area contributed by atoms with Crippen molar-refractivity contribution in [1.82, 2.24) is 20.6 Å². The predicted octanol–water partition coefficient (Wildman–Crippen LogP) is 0.757. The van der Waals surface area contributed by atoms with E-state index in [1.54, 1.807) is 24.5 Å². The number of pyridine rings is 1. The van der Waals surface area contributed by atoms with Crippen LogP contribution in [0.2, 0.25) is 0 Å². The van der Waals surface area contributed by atoms with Gasteiger partial charge in [-0.25, -0.2) is 0 Å². The molecule has 2 amide bonds. The molecule has 2 aliphatic rings. The van der Waals surface area contributed by atoms with E-state index >= 15 is 0 Å². The van der Waals surface area contributed by atoms with Crippen molar-refractivity contribution in [2.24, 2.45) is 0 Å². The number of alkyl halides is 1. The van der Waals surface area contributed by atoms with Crippen molar-refractivity contribution in [1.29, 1.82) is 0 Å². The molecule has 0 spiro atoms. The van der Waals surface area contributed by atoms with Crippen LogP contribution >= 0.6 is 0 Å². The first-order valence-electron chi connectivity index (χ1n) is 11.3. The number of rotatable bonds is 3. The van der Waals surface area contributed by atoms with Gasteiger partial charge >= 0.3 is 212 Å². The quantitative estimate of drug-likeness (QED) is 0.133. The molecule has 184 valence electrons. The summed E-state index contributed by atoms with van der Waals surface area (Å²) in [5.41, 5.74) is 4.32. The van der Waals surface area contributed by atoms with Gasteiger partial charge in [0.25, 0.3) is 0 Å². The van der Waals surface area contributed by atoms with Crippen LogP contribution in [0.4, 0.5) is 26.2 Å². The molecule has 2 aliphatic heterocycles. The van der Waals surface area contributed by atoms with Crippen LogP contribution in [0.25, 0.3) is 11.3 Å². The van der Waals surface area contributed by atoms with E-state index in [9.17, 15) is 14.0 Å². The van der Waals surface area contributed by atoms with Crippen molar-refractivity contribution in [2.45, 2.75) is 16.8 Å². The number of aromatic nitrogens is 2. The Morgan fingerprint density at radius 3 is 2.80 bits per heavy atom. The zero-order valence-corrected chi connectivity index (χ0v) is 21.2. The van der Waals surface area contributed by atoms with Crippen LogP contribution in [0.3, 0.4) is 0 Å². The maximum atomic E-state index is 14.5. The molecular formula is C24H25FIN6O3-. The number of nitrogens with zero attached hydrogens (tertiary/aromatic N) is 1. The number of anilines is 3. The number of hydrogen-bond acceptors (Lipinski definition) is 6. The van der Waals surface area contributed by atoms with Gasteiger partial charge in [0.05, 0.1) is 0 Å². The van der Waals surface area contributed by atoms with E-state index in [0.29, 0.717) is 48.0 Å². The van der Waals surface area contributed by atoms with E-state index in [2.05, 4.69) is 31.2 Å². The Kier molecular flexibility index (Phi) is 6.75. The van der Waals surface area contributed by atoms with Gasteiger partial charge in [-0.05, 0) is 0 Å². The number of carbonyl (C=O) groups excluding carboxylic acids is 2.